The van der Waals surface area contributed by atoms with Gasteiger partial charge >= 0.3 is 0 Å². The van der Waals surface area contributed by atoms with Crippen LogP contribution in [0.5, 0.6) is 0 Å². The summed E-state index contributed by atoms with van der Waals surface area (Å²) in [5.41, 5.74) is 0. The Labute approximate surface area is 179 Å². The zero-order valence-electron chi connectivity index (χ0n) is 16.3. The number of morpholine rings is 1. The third-order valence-corrected chi connectivity index (χ3v) is 7.93. The van der Waals surface area contributed by atoms with Gasteiger partial charge in [0, 0.05) is 37.0 Å². The number of rotatable bonds is 6. The van der Waals surface area contributed by atoms with Crippen LogP contribution in [-0.4, -0.2) is 86.3 Å². The molecule has 2 saturated heterocycles. The fraction of sp³-hybridized carbons (Fsp3) is 0.556. The molecule has 0 N–H and O–H groups in total. The maximum atomic E-state index is 12.9. The molecule has 0 aliphatic carbocycles. The molecular weight excluding hydrogens is 438 g/mol. The number of nitrogens with zero attached hydrogens (tertiary/aromatic N) is 3. The molecule has 2 fully saturated rings. The van der Waals surface area contributed by atoms with Crippen molar-refractivity contribution in [3.63, 3.8) is 0 Å². The Morgan fingerprint density at radius 3 is 2.66 bits per heavy atom. The average Bonchev–Trinajstić information content (AvgIpc) is 3.30. The molecule has 3 heterocycles. The highest BCUT2D eigenvalue weighted by molar-refractivity contribution is 7.92. The van der Waals surface area contributed by atoms with Crippen LogP contribution in [0.2, 0.25) is 4.34 Å². The Morgan fingerprint density at radius 2 is 2.03 bits per heavy atom. The number of hydrogen-bond donors (Lipinski definition) is 0. The number of hydrogen-bond acceptors (Lipinski definition) is 6. The fourth-order valence-electron chi connectivity index (χ4n) is 3.43. The maximum absolute atomic E-state index is 12.9. The molecule has 2 aliphatic rings. The molecule has 0 bridgehead atoms. The molecule has 160 valence electrons. The van der Waals surface area contributed by atoms with Crippen LogP contribution in [0.1, 0.15) is 18.2 Å². The van der Waals surface area contributed by atoms with Gasteiger partial charge < -0.3 is 14.5 Å². The lowest BCUT2D eigenvalue weighted by Crippen LogP contribution is -2.52. The minimum absolute atomic E-state index is 0.137. The molecule has 11 heteroatoms. The van der Waals surface area contributed by atoms with Crippen LogP contribution < -0.4 is 0 Å². The molecule has 0 spiro atoms. The van der Waals surface area contributed by atoms with Crippen molar-refractivity contribution in [3.8, 4) is 0 Å². The summed E-state index contributed by atoms with van der Waals surface area (Å²) in [6.45, 7) is 3.99. The molecule has 1 aromatic heterocycles. The van der Waals surface area contributed by atoms with Gasteiger partial charge in [-0.3, -0.25) is 9.59 Å². The van der Waals surface area contributed by atoms with Gasteiger partial charge in [0.1, 0.15) is 12.1 Å². The second kappa shape index (κ2) is 9.13. The van der Waals surface area contributed by atoms with E-state index in [0.29, 0.717) is 48.5 Å². The number of ether oxygens (including phenoxy) is 1. The second-order valence-corrected chi connectivity index (χ2v) is 10.6. The van der Waals surface area contributed by atoms with Crippen molar-refractivity contribution in [1.82, 2.24) is 14.1 Å². The molecule has 1 aromatic rings. The van der Waals surface area contributed by atoms with Gasteiger partial charge in [-0.1, -0.05) is 11.6 Å². The number of likely N-dealkylation sites (N-methyl/N-ethyl adjacent to an activating group) is 1. The molecule has 0 aromatic carbocycles. The van der Waals surface area contributed by atoms with Crippen molar-refractivity contribution < 1.29 is 22.7 Å². The predicted octanol–water partition coefficient (Wildman–Crippen LogP) is 1.48. The summed E-state index contributed by atoms with van der Waals surface area (Å²) in [5.74, 6) is -0.486. The Bertz CT molecular complexity index is 895. The molecule has 8 nitrogen and oxygen atoms in total. The van der Waals surface area contributed by atoms with E-state index < -0.39 is 22.1 Å². The number of carbonyl (C=O) groups excluding carboxylic acids is 2. The molecular formula is C18H24ClN3O5S2. The number of thiophene rings is 1. The first-order valence-electron chi connectivity index (χ1n) is 9.29. The predicted molar refractivity (Wildman–Crippen MR) is 112 cm³/mol. The highest BCUT2D eigenvalue weighted by atomic mass is 35.5. The molecule has 29 heavy (non-hydrogen) atoms. The summed E-state index contributed by atoms with van der Waals surface area (Å²) >= 11 is 7.12. The normalized spacial score (nSPS) is 22.1. The highest BCUT2D eigenvalue weighted by Crippen LogP contribution is 2.25. The smallest absolute Gasteiger partial charge is 0.245 e. The van der Waals surface area contributed by atoms with Crippen LogP contribution in [0.3, 0.4) is 0 Å². The topological polar surface area (TPSA) is 87.2 Å². The Hall–Kier alpha value is -1.46. The van der Waals surface area contributed by atoms with Crippen LogP contribution >= 0.6 is 22.9 Å². The molecule has 0 saturated carbocycles. The van der Waals surface area contributed by atoms with Crippen LogP contribution in [0, 0.1) is 0 Å². The number of sulfonamides is 1. The SMILES string of the molecule is C[C@@H](C(=O)N1CCOCC1)N1CC[C@H](N(C)S(=O)(=O)C=Cc2ccc(Cl)s2)C1=O. The van der Waals surface area contributed by atoms with Crippen LogP contribution in [-0.2, 0) is 24.3 Å². The van der Waals surface area contributed by atoms with Gasteiger partial charge in [-0.15, -0.1) is 11.3 Å². The highest BCUT2D eigenvalue weighted by Gasteiger charge is 2.42. The van der Waals surface area contributed by atoms with Crippen molar-refractivity contribution >= 4 is 50.9 Å². The van der Waals surface area contributed by atoms with Gasteiger partial charge in [0.15, 0.2) is 0 Å². The molecule has 2 aliphatic heterocycles. The Balaban J connectivity index is 1.66. The quantitative estimate of drug-likeness (QED) is 0.640. The second-order valence-electron chi connectivity index (χ2n) is 6.96. The van der Waals surface area contributed by atoms with Crippen molar-refractivity contribution in [1.29, 1.82) is 0 Å². The van der Waals surface area contributed by atoms with E-state index in [0.717, 1.165) is 9.71 Å². The van der Waals surface area contributed by atoms with Crippen molar-refractivity contribution in [2.24, 2.45) is 0 Å². The summed E-state index contributed by atoms with van der Waals surface area (Å²) in [5, 5.41) is 1.08. The van der Waals surface area contributed by atoms with Gasteiger partial charge in [0.2, 0.25) is 21.8 Å². The van der Waals surface area contributed by atoms with E-state index in [-0.39, 0.29) is 11.8 Å². The minimum atomic E-state index is -3.80. The first-order valence-corrected chi connectivity index (χ1v) is 12.0. The molecule has 0 unspecified atom stereocenters. The zero-order chi connectivity index (χ0) is 21.2. The lowest BCUT2D eigenvalue weighted by Gasteiger charge is -2.33. The number of likely N-dealkylation sites (tertiary alicyclic amines) is 1. The van der Waals surface area contributed by atoms with Crippen LogP contribution in [0.15, 0.2) is 17.5 Å². The zero-order valence-corrected chi connectivity index (χ0v) is 18.7. The first-order chi connectivity index (χ1) is 13.7. The standard InChI is InChI=1S/C18H24ClN3O5S2/c1-13(17(23)21-8-10-27-11-9-21)22-7-5-15(18(22)24)20(2)29(25,26)12-6-14-3-4-16(19)28-14/h3-4,6,12-13,15H,5,7-11H2,1-2H3/t13-,15-/m0/s1. The number of carbonyl (C=O) groups is 2. The molecule has 3 rings (SSSR count). The van der Waals surface area contributed by atoms with Crippen LogP contribution in [0.4, 0.5) is 0 Å². The van der Waals surface area contributed by atoms with Crippen molar-refractivity contribution in [2.75, 3.05) is 39.9 Å². The summed E-state index contributed by atoms with van der Waals surface area (Å²) in [7, 11) is -2.41. The number of halogens is 1. The average molecular weight is 462 g/mol. The van der Waals surface area contributed by atoms with E-state index in [1.807, 2.05) is 0 Å². The summed E-state index contributed by atoms with van der Waals surface area (Å²) in [6.07, 6.45) is 1.80. The summed E-state index contributed by atoms with van der Waals surface area (Å²) in [4.78, 5) is 29.4. The molecule has 2 amide bonds. The Kier molecular flexibility index (Phi) is 7.00. The van der Waals surface area contributed by atoms with E-state index in [1.54, 1.807) is 24.0 Å². The van der Waals surface area contributed by atoms with E-state index >= 15 is 0 Å². The fourth-order valence-corrected chi connectivity index (χ4v) is 5.54. The Morgan fingerprint density at radius 1 is 1.34 bits per heavy atom. The monoisotopic (exact) mass is 461 g/mol. The van der Waals surface area contributed by atoms with Crippen molar-refractivity contribution in [2.45, 2.75) is 25.4 Å². The van der Waals surface area contributed by atoms with Gasteiger partial charge in [0.25, 0.3) is 0 Å². The van der Waals surface area contributed by atoms with E-state index in [4.69, 9.17) is 16.3 Å². The lowest BCUT2D eigenvalue weighted by atomic mass is 10.2. The third-order valence-electron chi connectivity index (χ3n) is 5.20. The van der Waals surface area contributed by atoms with Gasteiger partial charge in [-0.25, -0.2) is 8.42 Å². The van der Waals surface area contributed by atoms with Gasteiger partial charge in [-0.05, 0) is 31.6 Å². The van der Waals surface area contributed by atoms with E-state index in [2.05, 4.69) is 0 Å². The third kappa shape index (κ3) is 5.00. The van der Waals surface area contributed by atoms with Gasteiger partial charge in [-0.2, -0.15) is 4.31 Å². The van der Waals surface area contributed by atoms with Crippen molar-refractivity contribution in [3.05, 3.63) is 26.8 Å². The minimum Gasteiger partial charge on any atom is -0.378 e. The molecule has 2 atom stereocenters. The first kappa shape index (κ1) is 22.2. The number of amides is 2. The summed E-state index contributed by atoms with van der Waals surface area (Å²) in [6, 6.07) is 1.95. The summed E-state index contributed by atoms with van der Waals surface area (Å²) < 4.78 is 32.2. The maximum Gasteiger partial charge on any atom is 0.245 e. The lowest BCUT2D eigenvalue weighted by molar-refractivity contribution is -0.146. The van der Waals surface area contributed by atoms with Gasteiger partial charge in [0.05, 0.1) is 17.6 Å². The molecule has 0 radical (unpaired) electrons. The largest absolute Gasteiger partial charge is 0.378 e. The van der Waals surface area contributed by atoms with E-state index in [1.165, 1.54) is 29.4 Å². The van der Waals surface area contributed by atoms with E-state index in [9.17, 15) is 18.0 Å². The van der Waals surface area contributed by atoms with Crippen LogP contribution in [0.25, 0.3) is 6.08 Å².